The maximum atomic E-state index is 11.7. The van der Waals surface area contributed by atoms with Crippen molar-refractivity contribution in [2.45, 2.75) is 25.7 Å². The van der Waals surface area contributed by atoms with E-state index in [4.69, 9.17) is 0 Å². The van der Waals surface area contributed by atoms with Crippen molar-refractivity contribution < 1.29 is 9.59 Å². The molecule has 0 bridgehead atoms. The number of amides is 1. The van der Waals surface area contributed by atoms with Crippen LogP contribution in [0.5, 0.6) is 0 Å². The second kappa shape index (κ2) is 7.60. The largest absolute Gasteiger partial charge is 0.352 e. The fourth-order valence-electron chi connectivity index (χ4n) is 1.50. The molecule has 0 spiro atoms. The van der Waals surface area contributed by atoms with E-state index in [0.717, 1.165) is 32.0 Å². The van der Waals surface area contributed by atoms with Crippen LogP contribution in [-0.4, -0.2) is 18.7 Å². The molecule has 1 aromatic carbocycles. The van der Waals surface area contributed by atoms with Gasteiger partial charge in [0, 0.05) is 17.7 Å². The van der Waals surface area contributed by atoms with Gasteiger partial charge in [-0.05, 0) is 18.6 Å². The molecule has 1 N–H and O–H groups in total. The van der Waals surface area contributed by atoms with E-state index >= 15 is 0 Å². The number of hydrogen-bond donors (Lipinski definition) is 1. The second-order valence-electron chi connectivity index (χ2n) is 3.91. The van der Waals surface area contributed by atoms with E-state index in [0.29, 0.717) is 17.7 Å². The van der Waals surface area contributed by atoms with Crippen molar-refractivity contribution >= 4 is 12.2 Å². The van der Waals surface area contributed by atoms with Crippen LogP contribution in [0.2, 0.25) is 0 Å². The molecule has 1 amide bonds. The standard InChI is InChI=1S/C14H18NO2/c1-2-3-4-5-10-15-14(17)13-8-6-12(11-16)7-9-13/h6-9,11H,1-5,10H2,(H,15,17). The van der Waals surface area contributed by atoms with E-state index in [1.54, 1.807) is 24.3 Å². The summed E-state index contributed by atoms with van der Waals surface area (Å²) in [5.41, 5.74) is 1.17. The molecule has 0 aliphatic rings. The Morgan fingerprint density at radius 3 is 2.47 bits per heavy atom. The Bertz CT molecular complexity index is 357. The first-order chi connectivity index (χ1) is 8.27. The van der Waals surface area contributed by atoms with Gasteiger partial charge in [-0.25, -0.2) is 0 Å². The average molecular weight is 232 g/mol. The van der Waals surface area contributed by atoms with Crippen molar-refractivity contribution in [2.24, 2.45) is 0 Å². The summed E-state index contributed by atoms with van der Waals surface area (Å²) in [6, 6.07) is 6.61. The number of carbonyl (C=O) groups excluding carboxylic acids is 2. The topological polar surface area (TPSA) is 46.2 Å². The van der Waals surface area contributed by atoms with E-state index in [2.05, 4.69) is 12.2 Å². The molecule has 3 heteroatoms. The molecule has 17 heavy (non-hydrogen) atoms. The Hall–Kier alpha value is -1.64. The van der Waals surface area contributed by atoms with Crippen LogP contribution in [0, 0.1) is 6.92 Å². The molecule has 0 fully saturated rings. The molecule has 1 rings (SSSR count). The summed E-state index contributed by atoms with van der Waals surface area (Å²) in [5.74, 6) is -0.0860. The van der Waals surface area contributed by atoms with E-state index < -0.39 is 0 Å². The van der Waals surface area contributed by atoms with Crippen LogP contribution in [0.3, 0.4) is 0 Å². The Balaban J connectivity index is 2.33. The lowest BCUT2D eigenvalue weighted by Crippen LogP contribution is -2.24. The molecule has 0 unspecified atom stereocenters. The summed E-state index contributed by atoms with van der Waals surface area (Å²) in [5, 5.41) is 2.85. The van der Waals surface area contributed by atoms with Gasteiger partial charge in [-0.2, -0.15) is 0 Å². The van der Waals surface area contributed by atoms with Gasteiger partial charge in [-0.3, -0.25) is 9.59 Å². The summed E-state index contributed by atoms with van der Waals surface area (Å²) in [4.78, 5) is 22.1. The van der Waals surface area contributed by atoms with E-state index in [1.807, 2.05) is 0 Å². The van der Waals surface area contributed by atoms with Crippen LogP contribution >= 0.6 is 0 Å². The maximum absolute atomic E-state index is 11.7. The third kappa shape index (κ3) is 4.81. The summed E-state index contributed by atoms with van der Waals surface area (Å²) in [7, 11) is 0. The SMILES string of the molecule is [CH2]CCCCCNC(=O)c1ccc(C=O)cc1. The molecular formula is C14H18NO2. The number of aldehydes is 1. The van der Waals surface area contributed by atoms with Gasteiger partial charge in [0.1, 0.15) is 6.29 Å². The Kier molecular flexibility index (Phi) is 6.00. The van der Waals surface area contributed by atoms with Gasteiger partial charge in [-0.1, -0.05) is 38.3 Å². The number of unbranched alkanes of at least 4 members (excludes halogenated alkanes) is 3. The first kappa shape index (κ1) is 13.4. The fourth-order valence-corrected chi connectivity index (χ4v) is 1.50. The lowest BCUT2D eigenvalue weighted by molar-refractivity contribution is 0.0952. The van der Waals surface area contributed by atoms with Crippen LogP contribution in [-0.2, 0) is 0 Å². The molecule has 0 heterocycles. The van der Waals surface area contributed by atoms with Crippen LogP contribution < -0.4 is 5.32 Å². The molecule has 0 aliphatic heterocycles. The number of carbonyl (C=O) groups is 2. The van der Waals surface area contributed by atoms with Gasteiger partial charge in [0.15, 0.2) is 0 Å². The third-order valence-electron chi connectivity index (χ3n) is 2.52. The molecule has 0 aliphatic carbocycles. The van der Waals surface area contributed by atoms with Gasteiger partial charge in [0.2, 0.25) is 0 Å². The molecule has 0 saturated heterocycles. The van der Waals surface area contributed by atoms with E-state index in [1.165, 1.54) is 0 Å². The molecule has 0 atom stereocenters. The lowest BCUT2D eigenvalue weighted by Gasteiger charge is -2.04. The van der Waals surface area contributed by atoms with Gasteiger partial charge in [0.05, 0.1) is 0 Å². The first-order valence-corrected chi connectivity index (χ1v) is 5.90. The van der Waals surface area contributed by atoms with Crippen LogP contribution in [0.25, 0.3) is 0 Å². The van der Waals surface area contributed by atoms with Gasteiger partial charge >= 0.3 is 0 Å². The summed E-state index contributed by atoms with van der Waals surface area (Å²) < 4.78 is 0. The highest BCUT2D eigenvalue weighted by Gasteiger charge is 2.03. The van der Waals surface area contributed by atoms with E-state index in [-0.39, 0.29) is 5.91 Å². The number of rotatable bonds is 7. The normalized spacial score (nSPS) is 9.94. The molecule has 0 aromatic heterocycles. The maximum Gasteiger partial charge on any atom is 0.251 e. The van der Waals surface area contributed by atoms with Gasteiger partial charge in [0.25, 0.3) is 5.91 Å². The van der Waals surface area contributed by atoms with Crippen molar-refractivity contribution in [3.05, 3.63) is 42.3 Å². The van der Waals surface area contributed by atoms with Crippen molar-refractivity contribution in [2.75, 3.05) is 6.54 Å². The Morgan fingerprint density at radius 1 is 1.18 bits per heavy atom. The number of hydrogen-bond acceptors (Lipinski definition) is 2. The lowest BCUT2D eigenvalue weighted by atomic mass is 10.1. The van der Waals surface area contributed by atoms with E-state index in [9.17, 15) is 9.59 Å². The van der Waals surface area contributed by atoms with Crippen LogP contribution in [0.4, 0.5) is 0 Å². The summed E-state index contributed by atoms with van der Waals surface area (Å²) in [6.45, 7) is 4.46. The Morgan fingerprint density at radius 2 is 1.88 bits per heavy atom. The van der Waals surface area contributed by atoms with Crippen molar-refractivity contribution in [3.8, 4) is 0 Å². The zero-order chi connectivity index (χ0) is 12.5. The number of benzene rings is 1. The quantitative estimate of drug-likeness (QED) is 0.580. The highest BCUT2D eigenvalue weighted by atomic mass is 16.1. The second-order valence-corrected chi connectivity index (χ2v) is 3.91. The highest BCUT2D eigenvalue weighted by Crippen LogP contribution is 2.03. The minimum absolute atomic E-state index is 0.0860. The minimum Gasteiger partial charge on any atom is -0.352 e. The third-order valence-corrected chi connectivity index (χ3v) is 2.52. The van der Waals surface area contributed by atoms with Crippen LogP contribution in [0.1, 0.15) is 46.4 Å². The monoisotopic (exact) mass is 232 g/mol. The molecule has 0 saturated carbocycles. The first-order valence-electron chi connectivity index (χ1n) is 5.90. The smallest absolute Gasteiger partial charge is 0.251 e. The molecule has 91 valence electrons. The molecular weight excluding hydrogens is 214 g/mol. The van der Waals surface area contributed by atoms with Crippen molar-refractivity contribution in [3.63, 3.8) is 0 Å². The predicted molar refractivity (Wildman–Crippen MR) is 68.0 cm³/mol. The van der Waals surface area contributed by atoms with Crippen molar-refractivity contribution in [1.82, 2.24) is 5.32 Å². The zero-order valence-corrected chi connectivity index (χ0v) is 9.95. The summed E-state index contributed by atoms with van der Waals surface area (Å²) in [6.07, 6.45) is 4.88. The fraction of sp³-hybridized carbons (Fsp3) is 0.357. The zero-order valence-electron chi connectivity index (χ0n) is 9.95. The highest BCUT2D eigenvalue weighted by molar-refractivity contribution is 5.94. The average Bonchev–Trinajstić information content (AvgIpc) is 2.38. The minimum atomic E-state index is -0.0860. The molecule has 1 radical (unpaired) electrons. The molecule has 1 aromatic rings. The van der Waals surface area contributed by atoms with Crippen molar-refractivity contribution in [1.29, 1.82) is 0 Å². The van der Waals surface area contributed by atoms with Gasteiger partial charge in [-0.15, -0.1) is 0 Å². The summed E-state index contributed by atoms with van der Waals surface area (Å²) >= 11 is 0. The van der Waals surface area contributed by atoms with Gasteiger partial charge < -0.3 is 5.32 Å². The molecule has 3 nitrogen and oxygen atoms in total. The van der Waals surface area contributed by atoms with Crippen LogP contribution in [0.15, 0.2) is 24.3 Å². The number of nitrogens with one attached hydrogen (secondary N) is 1. The predicted octanol–water partition coefficient (Wildman–Crippen LogP) is 2.62. The Labute approximate surface area is 102 Å².